The fourth-order valence-corrected chi connectivity index (χ4v) is 2.03. The van der Waals surface area contributed by atoms with E-state index < -0.39 is 5.97 Å². The zero-order valence-electron chi connectivity index (χ0n) is 9.26. The van der Waals surface area contributed by atoms with Crippen molar-refractivity contribution in [3.63, 3.8) is 0 Å². The van der Waals surface area contributed by atoms with Crippen LogP contribution >= 0.6 is 0 Å². The SMILES string of the molecule is C[C@@H]1CCCCN1c1ccc(C(=O)O)nn1. The first-order valence-corrected chi connectivity index (χ1v) is 5.52. The molecule has 0 saturated carbocycles. The van der Waals surface area contributed by atoms with Crippen LogP contribution in [0.25, 0.3) is 0 Å². The summed E-state index contributed by atoms with van der Waals surface area (Å²) in [6, 6.07) is 3.70. The van der Waals surface area contributed by atoms with Gasteiger partial charge in [-0.1, -0.05) is 0 Å². The first kappa shape index (κ1) is 10.9. The largest absolute Gasteiger partial charge is 0.476 e. The number of carboxylic acids is 1. The molecule has 0 aliphatic carbocycles. The van der Waals surface area contributed by atoms with E-state index in [1.165, 1.54) is 12.5 Å². The molecule has 0 unspecified atom stereocenters. The lowest BCUT2D eigenvalue weighted by molar-refractivity contribution is 0.0689. The molecule has 1 saturated heterocycles. The Morgan fingerprint density at radius 1 is 1.44 bits per heavy atom. The van der Waals surface area contributed by atoms with Crippen LogP contribution in [0.4, 0.5) is 5.82 Å². The summed E-state index contributed by atoms with van der Waals surface area (Å²) >= 11 is 0. The second-order valence-electron chi connectivity index (χ2n) is 4.12. The van der Waals surface area contributed by atoms with E-state index in [0.29, 0.717) is 6.04 Å². The molecule has 5 heteroatoms. The van der Waals surface area contributed by atoms with Crippen molar-refractivity contribution in [2.45, 2.75) is 32.2 Å². The molecule has 0 spiro atoms. The van der Waals surface area contributed by atoms with Gasteiger partial charge in [-0.25, -0.2) is 4.79 Å². The maximum absolute atomic E-state index is 10.6. The Balaban J connectivity index is 2.17. The van der Waals surface area contributed by atoms with Crippen LogP contribution in [0.1, 0.15) is 36.7 Å². The highest BCUT2D eigenvalue weighted by Crippen LogP contribution is 2.21. The zero-order chi connectivity index (χ0) is 11.5. The van der Waals surface area contributed by atoms with Crippen LogP contribution in [0, 0.1) is 0 Å². The van der Waals surface area contributed by atoms with Gasteiger partial charge in [0.25, 0.3) is 0 Å². The van der Waals surface area contributed by atoms with Crippen molar-refractivity contribution in [2.24, 2.45) is 0 Å². The third-order valence-electron chi connectivity index (χ3n) is 2.97. The molecular weight excluding hydrogens is 206 g/mol. The van der Waals surface area contributed by atoms with Crippen molar-refractivity contribution >= 4 is 11.8 Å². The van der Waals surface area contributed by atoms with Gasteiger partial charge in [0.1, 0.15) is 0 Å². The second kappa shape index (κ2) is 4.47. The summed E-state index contributed by atoms with van der Waals surface area (Å²) in [5, 5.41) is 16.4. The monoisotopic (exact) mass is 221 g/mol. The molecule has 0 bridgehead atoms. The Kier molecular flexibility index (Phi) is 3.03. The lowest BCUT2D eigenvalue weighted by atomic mass is 10.0. The predicted octanol–water partition coefficient (Wildman–Crippen LogP) is 1.55. The van der Waals surface area contributed by atoms with Crippen LogP contribution in [0.15, 0.2) is 12.1 Å². The molecule has 2 rings (SSSR count). The molecule has 1 aliphatic rings. The van der Waals surface area contributed by atoms with Gasteiger partial charge in [-0.2, -0.15) is 0 Å². The number of anilines is 1. The van der Waals surface area contributed by atoms with Crippen molar-refractivity contribution < 1.29 is 9.90 Å². The first-order valence-electron chi connectivity index (χ1n) is 5.52. The van der Waals surface area contributed by atoms with E-state index in [9.17, 15) is 4.79 Å². The molecule has 5 nitrogen and oxygen atoms in total. The van der Waals surface area contributed by atoms with Gasteiger partial charge in [0.15, 0.2) is 11.5 Å². The molecule has 1 fully saturated rings. The number of carbonyl (C=O) groups is 1. The van der Waals surface area contributed by atoms with Crippen molar-refractivity contribution in [3.05, 3.63) is 17.8 Å². The minimum absolute atomic E-state index is 0.00610. The van der Waals surface area contributed by atoms with Gasteiger partial charge in [-0.15, -0.1) is 10.2 Å². The molecule has 1 aromatic rings. The maximum atomic E-state index is 10.6. The van der Waals surface area contributed by atoms with E-state index in [1.54, 1.807) is 6.07 Å². The number of carboxylic acid groups (broad SMARTS) is 1. The van der Waals surface area contributed by atoms with Crippen LogP contribution in [-0.4, -0.2) is 33.9 Å². The summed E-state index contributed by atoms with van der Waals surface area (Å²) in [5.41, 5.74) is -0.00610. The van der Waals surface area contributed by atoms with Crippen LogP contribution in [-0.2, 0) is 0 Å². The number of rotatable bonds is 2. The molecule has 86 valence electrons. The molecule has 16 heavy (non-hydrogen) atoms. The summed E-state index contributed by atoms with van der Waals surface area (Å²) in [4.78, 5) is 12.8. The van der Waals surface area contributed by atoms with Gasteiger partial charge in [-0.05, 0) is 38.3 Å². The predicted molar refractivity (Wildman–Crippen MR) is 59.7 cm³/mol. The van der Waals surface area contributed by atoms with E-state index >= 15 is 0 Å². The highest BCUT2D eigenvalue weighted by Gasteiger charge is 2.20. The van der Waals surface area contributed by atoms with Crippen molar-refractivity contribution in [2.75, 3.05) is 11.4 Å². The van der Waals surface area contributed by atoms with Crippen LogP contribution in [0.2, 0.25) is 0 Å². The molecule has 2 heterocycles. The van der Waals surface area contributed by atoms with E-state index in [4.69, 9.17) is 5.11 Å². The van der Waals surface area contributed by atoms with Gasteiger partial charge < -0.3 is 10.0 Å². The lowest BCUT2D eigenvalue weighted by Gasteiger charge is -2.33. The summed E-state index contributed by atoms with van der Waals surface area (Å²) in [6.07, 6.45) is 3.56. The highest BCUT2D eigenvalue weighted by molar-refractivity contribution is 5.85. The number of aromatic nitrogens is 2. The zero-order valence-corrected chi connectivity index (χ0v) is 9.26. The minimum atomic E-state index is -1.04. The minimum Gasteiger partial charge on any atom is -0.476 e. The van der Waals surface area contributed by atoms with Gasteiger partial charge in [-0.3, -0.25) is 0 Å². The van der Waals surface area contributed by atoms with E-state index in [2.05, 4.69) is 22.0 Å². The van der Waals surface area contributed by atoms with E-state index in [0.717, 1.165) is 25.2 Å². The van der Waals surface area contributed by atoms with Crippen LogP contribution in [0.3, 0.4) is 0 Å². The number of nitrogens with zero attached hydrogens (tertiary/aromatic N) is 3. The second-order valence-corrected chi connectivity index (χ2v) is 4.12. The van der Waals surface area contributed by atoms with Gasteiger partial charge in [0.2, 0.25) is 0 Å². The summed E-state index contributed by atoms with van der Waals surface area (Å²) in [7, 11) is 0. The molecule has 1 aromatic heterocycles. The molecule has 0 amide bonds. The molecule has 1 atom stereocenters. The normalized spacial score (nSPS) is 20.8. The summed E-state index contributed by atoms with van der Waals surface area (Å²) < 4.78 is 0. The molecule has 0 aromatic carbocycles. The fourth-order valence-electron chi connectivity index (χ4n) is 2.03. The average Bonchev–Trinajstić information content (AvgIpc) is 2.30. The number of aromatic carboxylic acids is 1. The smallest absolute Gasteiger partial charge is 0.356 e. The third-order valence-corrected chi connectivity index (χ3v) is 2.97. The highest BCUT2D eigenvalue weighted by atomic mass is 16.4. The van der Waals surface area contributed by atoms with Crippen LogP contribution in [0.5, 0.6) is 0 Å². The summed E-state index contributed by atoms with van der Waals surface area (Å²) in [6.45, 7) is 3.13. The lowest BCUT2D eigenvalue weighted by Crippen LogP contribution is -2.38. The third kappa shape index (κ3) is 2.13. The van der Waals surface area contributed by atoms with Crippen molar-refractivity contribution in [1.82, 2.24) is 10.2 Å². The Bertz CT molecular complexity index is 377. The van der Waals surface area contributed by atoms with E-state index in [-0.39, 0.29) is 5.69 Å². The van der Waals surface area contributed by atoms with Gasteiger partial charge in [0, 0.05) is 12.6 Å². The Hall–Kier alpha value is -1.65. The number of piperidine rings is 1. The van der Waals surface area contributed by atoms with Crippen molar-refractivity contribution in [3.8, 4) is 0 Å². The fraction of sp³-hybridized carbons (Fsp3) is 0.545. The van der Waals surface area contributed by atoms with Gasteiger partial charge >= 0.3 is 5.97 Å². The standard InChI is InChI=1S/C11H15N3O2/c1-8-4-2-3-7-14(8)10-6-5-9(11(15)16)12-13-10/h5-6,8H,2-4,7H2,1H3,(H,15,16)/t8-/m1/s1. The van der Waals surface area contributed by atoms with Gasteiger partial charge in [0.05, 0.1) is 0 Å². The molecule has 1 aliphatic heterocycles. The van der Waals surface area contributed by atoms with Crippen LogP contribution < -0.4 is 4.90 Å². The Morgan fingerprint density at radius 2 is 2.25 bits per heavy atom. The maximum Gasteiger partial charge on any atom is 0.356 e. The Morgan fingerprint density at radius 3 is 2.81 bits per heavy atom. The average molecular weight is 221 g/mol. The van der Waals surface area contributed by atoms with E-state index in [1.807, 2.05) is 0 Å². The van der Waals surface area contributed by atoms with Crippen molar-refractivity contribution in [1.29, 1.82) is 0 Å². The molecule has 0 radical (unpaired) electrons. The number of hydrogen-bond acceptors (Lipinski definition) is 4. The molecular formula is C11H15N3O2. The molecule has 1 N–H and O–H groups in total. The Labute approximate surface area is 94.1 Å². The topological polar surface area (TPSA) is 66.3 Å². The first-order chi connectivity index (χ1) is 7.68. The quantitative estimate of drug-likeness (QED) is 0.820. The number of hydrogen-bond donors (Lipinski definition) is 1. The summed E-state index contributed by atoms with van der Waals surface area (Å²) in [5.74, 6) is -0.261.